The summed E-state index contributed by atoms with van der Waals surface area (Å²) in [5, 5.41) is 0. The molecule has 1 fully saturated rings. The molecule has 1 saturated heterocycles. The Morgan fingerprint density at radius 2 is 1.30 bits per heavy atom. The monoisotopic (exact) mass is 528 g/mol. The first-order valence-corrected chi connectivity index (χ1v) is 13.6. The Morgan fingerprint density at radius 1 is 0.700 bits per heavy atom. The standard InChI is InChI=1S/C34H32N4O2/c1-36(2)27-19-17-26(18-20-27)32-31(34(39)38-23-21-37(22-24-38)28-13-7-4-8-14-28)35-33(40-32)30-16-10-9-15-29(30)25-11-5-3-6-12-25/h3-20H,21-24H2,1-2H3. The summed E-state index contributed by atoms with van der Waals surface area (Å²) in [4.78, 5) is 25.1. The van der Waals surface area contributed by atoms with Crippen LogP contribution < -0.4 is 9.80 Å². The van der Waals surface area contributed by atoms with E-state index in [1.54, 1.807) is 0 Å². The van der Waals surface area contributed by atoms with E-state index in [1.165, 1.54) is 5.69 Å². The van der Waals surface area contributed by atoms with Crippen LogP contribution in [0, 0.1) is 0 Å². The first-order valence-electron chi connectivity index (χ1n) is 13.6. The molecule has 0 N–H and O–H groups in total. The van der Waals surface area contributed by atoms with Gasteiger partial charge in [0.1, 0.15) is 0 Å². The molecular weight excluding hydrogens is 496 g/mol. The fraction of sp³-hybridized carbons (Fsp3) is 0.176. The molecule has 0 atom stereocenters. The van der Waals surface area contributed by atoms with Crippen molar-refractivity contribution >= 4 is 17.3 Å². The maximum Gasteiger partial charge on any atom is 0.276 e. The zero-order chi connectivity index (χ0) is 27.5. The number of piperazine rings is 1. The lowest BCUT2D eigenvalue weighted by molar-refractivity contribution is 0.0742. The Balaban J connectivity index is 1.36. The van der Waals surface area contributed by atoms with E-state index in [1.807, 2.05) is 103 Å². The SMILES string of the molecule is CN(C)c1ccc(-c2oc(-c3ccccc3-c3ccccc3)nc2C(=O)N2CCN(c3ccccc3)CC2)cc1. The smallest absolute Gasteiger partial charge is 0.276 e. The van der Waals surface area contributed by atoms with Crippen LogP contribution in [0.1, 0.15) is 10.5 Å². The number of carbonyl (C=O) groups excluding carboxylic acids is 1. The number of nitrogens with zero attached hydrogens (tertiary/aromatic N) is 4. The third-order valence-electron chi connectivity index (χ3n) is 7.41. The van der Waals surface area contributed by atoms with E-state index in [-0.39, 0.29) is 5.91 Å². The van der Waals surface area contributed by atoms with Crippen molar-refractivity contribution in [2.45, 2.75) is 0 Å². The molecule has 0 aliphatic carbocycles. The maximum absolute atomic E-state index is 14.0. The normalized spacial score (nSPS) is 13.3. The Morgan fingerprint density at radius 3 is 1.95 bits per heavy atom. The first-order chi connectivity index (χ1) is 19.6. The predicted octanol–water partition coefficient (Wildman–Crippen LogP) is 6.70. The summed E-state index contributed by atoms with van der Waals surface area (Å²) >= 11 is 0. The predicted molar refractivity (Wildman–Crippen MR) is 162 cm³/mol. The number of oxazole rings is 1. The van der Waals surface area contributed by atoms with Crippen LogP contribution in [0.4, 0.5) is 11.4 Å². The number of carbonyl (C=O) groups is 1. The molecule has 6 nitrogen and oxygen atoms in total. The molecule has 40 heavy (non-hydrogen) atoms. The van der Waals surface area contributed by atoms with Crippen LogP contribution in [0.15, 0.2) is 114 Å². The molecule has 2 heterocycles. The summed E-state index contributed by atoms with van der Waals surface area (Å²) in [6, 6.07) is 36.6. The highest BCUT2D eigenvalue weighted by molar-refractivity contribution is 5.99. The van der Waals surface area contributed by atoms with Gasteiger partial charge in [-0.2, -0.15) is 0 Å². The first kappa shape index (κ1) is 25.4. The number of anilines is 2. The van der Waals surface area contributed by atoms with Gasteiger partial charge in [-0.05, 0) is 53.6 Å². The van der Waals surface area contributed by atoms with Gasteiger partial charge in [0.25, 0.3) is 5.91 Å². The lowest BCUT2D eigenvalue weighted by atomic mass is 10.00. The molecule has 6 rings (SSSR count). The van der Waals surface area contributed by atoms with Crippen LogP contribution >= 0.6 is 0 Å². The summed E-state index contributed by atoms with van der Waals surface area (Å²) in [7, 11) is 4.01. The minimum atomic E-state index is -0.105. The van der Waals surface area contributed by atoms with Crippen LogP contribution in [-0.2, 0) is 0 Å². The van der Waals surface area contributed by atoms with E-state index in [2.05, 4.69) is 35.2 Å². The third-order valence-corrected chi connectivity index (χ3v) is 7.41. The van der Waals surface area contributed by atoms with Gasteiger partial charge in [-0.25, -0.2) is 4.98 Å². The van der Waals surface area contributed by atoms with E-state index in [0.717, 1.165) is 41.0 Å². The molecule has 1 amide bonds. The van der Waals surface area contributed by atoms with Gasteiger partial charge in [0, 0.05) is 62.8 Å². The van der Waals surface area contributed by atoms with Crippen molar-refractivity contribution in [2.24, 2.45) is 0 Å². The number of aromatic nitrogens is 1. The molecular formula is C34H32N4O2. The minimum absolute atomic E-state index is 0.105. The van der Waals surface area contributed by atoms with Gasteiger partial charge in [0.15, 0.2) is 11.5 Å². The van der Waals surface area contributed by atoms with E-state index in [9.17, 15) is 4.79 Å². The van der Waals surface area contributed by atoms with Gasteiger partial charge >= 0.3 is 0 Å². The fourth-order valence-corrected chi connectivity index (χ4v) is 5.18. The van der Waals surface area contributed by atoms with Crippen LogP contribution in [0.2, 0.25) is 0 Å². The third kappa shape index (κ3) is 5.08. The second-order valence-corrected chi connectivity index (χ2v) is 10.2. The van der Waals surface area contributed by atoms with Gasteiger partial charge < -0.3 is 19.1 Å². The summed E-state index contributed by atoms with van der Waals surface area (Å²) in [5.74, 6) is 0.836. The van der Waals surface area contributed by atoms with E-state index < -0.39 is 0 Å². The Bertz CT molecular complexity index is 1590. The number of para-hydroxylation sites is 1. The lowest BCUT2D eigenvalue weighted by Crippen LogP contribution is -2.49. The summed E-state index contributed by atoms with van der Waals surface area (Å²) in [5.41, 5.74) is 6.36. The van der Waals surface area contributed by atoms with E-state index >= 15 is 0 Å². The molecule has 4 aromatic carbocycles. The molecule has 1 aliphatic heterocycles. The fourth-order valence-electron chi connectivity index (χ4n) is 5.18. The van der Waals surface area contributed by atoms with Crippen LogP contribution in [0.3, 0.4) is 0 Å². The highest BCUT2D eigenvalue weighted by Gasteiger charge is 2.29. The molecule has 1 aromatic heterocycles. The molecule has 0 unspecified atom stereocenters. The van der Waals surface area contributed by atoms with Crippen molar-refractivity contribution in [2.75, 3.05) is 50.1 Å². The number of hydrogen-bond acceptors (Lipinski definition) is 5. The van der Waals surface area contributed by atoms with Crippen molar-refractivity contribution in [1.82, 2.24) is 9.88 Å². The molecule has 0 bridgehead atoms. The van der Waals surface area contributed by atoms with Crippen molar-refractivity contribution in [3.63, 3.8) is 0 Å². The van der Waals surface area contributed by atoms with Gasteiger partial charge in [0.2, 0.25) is 5.89 Å². The van der Waals surface area contributed by atoms with Crippen molar-refractivity contribution in [3.8, 4) is 33.9 Å². The highest BCUT2D eigenvalue weighted by atomic mass is 16.4. The molecule has 0 saturated carbocycles. The van der Waals surface area contributed by atoms with Crippen molar-refractivity contribution < 1.29 is 9.21 Å². The minimum Gasteiger partial charge on any atom is -0.435 e. The van der Waals surface area contributed by atoms with Gasteiger partial charge in [-0.3, -0.25) is 4.79 Å². The zero-order valence-corrected chi connectivity index (χ0v) is 22.8. The summed E-state index contributed by atoms with van der Waals surface area (Å²) in [6.07, 6.45) is 0. The lowest BCUT2D eigenvalue weighted by Gasteiger charge is -2.35. The number of amides is 1. The summed E-state index contributed by atoms with van der Waals surface area (Å²) < 4.78 is 6.47. The number of benzene rings is 4. The van der Waals surface area contributed by atoms with Crippen LogP contribution in [0.5, 0.6) is 0 Å². The largest absolute Gasteiger partial charge is 0.435 e. The number of rotatable bonds is 6. The van der Waals surface area contributed by atoms with Gasteiger partial charge in [-0.1, -0.05) is 66.7 Å². The van der Waals surface area contributed by atoms with Gasteiger partial charge in [-0.15, -0.1) is 0 Å². The highest BCUT2D eigenvalue weighted by Crippen LogP contribution is 2.36. The van der Waals surface area contributed by atoms with E-state index in [0.29, 0.717) is 30.4 Å². The molecule has 6 heteroatoms. The number of hydrogen-bond donors (Lipinski definition) is 0. The topological polar surface area (TPSA) is 52.8 Å². The van der Waals surface area contributed by atoms with Crippen LogP contribution in [0.25, 0.3) is 33.9 Å². The second kappa shape index (κ2) is 11.1. The van der Waals surface area contributed by atoms with Crippen molar-refractivity contribution in [3.05, 3.63) is 115 Å². The second-order valence-electron chi connectivity index (χ2n) is 10.2. The van der Waals surface area contributed by atoms with Crippen molar-refractivity contribution in [1.29, 1.82) is 0 Å². The average molecular weight is 529 g/mol. The maximum atomic E-state index is 14.0. The molecule has 5 aromatic rings. The zero-order valence-electron chi connectivity index (χ0n) is 22.8. The molecule has 1 aliphatic rings. The Hall–Kier alpha value is -4.84. The van der Waals surface area contributed by atoms with Gasteiger partial charge in [0.05, 0.1) is 0 Å². The van der Waals surface area contributed by atoms with E-state index in [4.69, 9.17) is 9.40 Å². The van der Waals surface area contributed by atoms with Crippen LogP contribution in [-0.4, -0.2) is 56.1 Å². The quantitative estimate of drug-likeness (QED) is 0.245. The molecule has 200 valence electrons. The Kier molecular flexibility index (Phi) is 7.06. The average Bonchev–Trinajstić information content (AvgIpc) is 3.47. The summed E-state index contributed by atoms with van der Waals surface area (Å²) in [6.45, 7) is 2.78. The molecule has 0 radical (unpaired) electrons. The molecule has 0 spiro atoms. The Labute approximate surface area is 235 Å².